The highest BCUT2D eigenvalue weighted by Crippen LogP contribution is 2.26. The molecule has 0 N–H and O–H groups in total. The minimum Gasteiger partial charge on any atom is -0.497 e. The van der Waals surface area contributed by atoms with E-state index in [1.165, 1.54) is 7.11 Å². The van der Waals surface area contributed by atoms with Crippen LogP contribution in [0.5, 0.6) is 5.75 Å². The second-order valence-electron chi connectivity index (χ2n) is 4.33. The van der Waals surface area contributed by atoms with Crippen molar-refractivity contribution in [2.75, 3.05) is 14.2 Å². The van der Waals surface area contributed by atoms with Crippen LogP contribution < -0.4 is 4.74 Å². The predicted octanol–water partition coefficient (Wildman–Crippen LogP) is 3.73. The number of halogens is 1. The highest BCUT2D eigenvalue weighted by Gasteiger charge is 2.07. The molecular formula is C16H15ClO3. The summed E-state index contributed by atoms with van der Waals surface area (Å²) < 4.78 is 9.80. The van der Waals surface area contributed by atoms with Gasteiger partial charge < -0.3 is 9.47 Å². The maximum Gasteiger partial charge on any atom is 0.309 e. The van der Waals surface area contributed by atoms with Gasteiger partial charge in [0.2, 0.25) is 0 Å². The number of hydrogen-bond acceptors (Lipinski definition) is 3. The van der Waals surface area contributed by atoms with Crippen molar-refractivity contribution in [1.29, 1.82) is 0 Å². The first-order valence-corrected chi connectivity index (χ1v) is 6.51. The van der Waals surface area contributed by atoms with Crippen LogP contribution in [0.2, 0.25) is 5.02 Å². The summed E-state index contributed by atoms with van der Waals surface area (Å²) in [6.45, 7) is 0. The predicted molar refractivity (Wildman–Crippen MR) is 79.2 cm³/mol. The monoisotopic (exact) mass is 290 g/mol. The van der Waals surface area contributed by atoms with Crippen molar-refractivity contribution in [3.8, 4) is 16.9 Å². The number of carbonyl (C=O) groups is 1. The summed E-state index contributed by atoms with van der Waals surface area (Å²) in [6, 6.07) is 13.2. The van der Waals surface area contributed by atoms with Crippen LogP contribution in [-0.2, 0) is 16.0 Å². The van der Waals surface area contributed by atoms with Gasteiger partial charge in [0.05, 0.1) is 20.6 Å². The molecule has 20 heavy (non-hydrogen) atoms. The molecule has 2 rings (SSSR count). The van der Waals surface area contributed by atoms with Gasteiger partial charge in [-0.3, -0.25) is 4.79 Å². The van der Waals surface area contributed by atoms with Crippen molar-refractivity contribution < 1.29 is 14.3 Å². The average Bonchev–Trinajstić information content (AvgIpc) is 2.46. The van der Waals surface area contributed by atoms with E-state index in [4.69, 9.17) is 16.3 Å². The molecule has 0 aromatic heterocycles. The van der Waals surface area contributed by atoms with E-state index >= 15 is 0 Å². The van der Waals surface area contributed by atoms with E-state index in [0.29, 0.717) is 5.02 Å². The Labute approximate surface area is 123 Å². The lowest BCUT2D eigenvalue weighted by atomic mass is 10.0. The van der Waals surface area contributed by atoms with Gasteiger partial charge in [0.1, 0.15) is 5.75 Å². The fraction of sp³-hybridized carbons (Fsp3) is 0.188. The lowest BCUT2D eigenvalue weighted by Gasteiger charge is -2.07. The molecule has 0 heterocycles. The van der Waals surface area contributed by atoms with Gasteiger partial charge in [-0.2, -0.15) is 0 Å². The van der Waals surface area contributed by atoms with Crippen LogP contribution in [0.15, 0.2) is 42.5 Å². The molecule has 0 saturated heterocycles. The van der Waals surface area contributed by atoms with Gasteiger partial charge in [-0.1, -0.05) is 29.8 Å². The molecular weight excluding hydrogens is 276 g/mol. The second-order valence-corrected chi connectivity index (χ2v) is 4.77. The van der Waals surface area contributed by atoms with Crippen LogP contribution in [0, 0.1) is 0 Å². The zero-order valence-corrected chi connectivity index (χ0v) is 12.1. The smallest absolute Gasteiger partial charge is 0.309 e. The molecule has 2 aromatic carbocycles. The largest absolute Gasteiger partial charge is 0.497 e. The summed E-state index contributed by atoms with van der Waals surface area (Å²) in [5, 5.41) is 0.595. The van der Waals surface area contributed by atoms with Crippen molar-refractivity contribution in [2.24, 2.45) is 0 Å². The topological polar surface area (TPSA) is 35.5 Å². The Hall–Kier alpha value is -2.00. The van der Waals surface area contributed by atoms with E-state index in [2.05, 4.69) is 4.74 Å². The molecule has 104 valence electrons. The number of methoxy groups -OCH3 is 2. The maximum absolute atomic E-state index is 11.3. The maximum atomic E-state index is 11.3. The minimum absolute atomic E-state index is 0.209. The molecule has 0 aliphatic carbocycles. The van der Waals surface area contributed by atoms with Crippen LogP contribution in [0.4, 0.5) is 0 Å². The highest BCUT2D eigenvalue weighted by molar-refractivity contribution is 6.31. The fourth-order valence-electron chi connectivity index (χ4n) is 1.94. The van der Waals surface area contributed by atoms with Gasteiger partial charge in [-0.25, -0.2) is 0 Å². The lowest BCUT2D eigenvalue weighted by Crippen LogP contribution is -2.04. The second kappa shape index (κ2) is 6.44. The fourth-order valence-corrected chi connectivity index (χ4v) is 2.20. The first kappa shape index (κ1) is 14.4. The molecule has 0 aliphatic rings. The first-order valence-electron chi connectivity index (χ1n) is 6.13. The molecule has 0 radical (unpaired) electrons. The Kier molecular flexibility index (Phi) is 4.64. The van der Waals surface area contributed by atoms with E-state index in [0.717, 1.165) is 22.4 Å². The van der Waals surface area contributed by atoms with Crippen molar-refractivity contribution >= 4 is 17.6 Å². The van der Waals surface area contributed by atoms with Gasteiger partial charge in [0, 0.05) is 5.02 Å². The van der Waals surface area contributed by atoms with Crippen molar-refractivity contribution in [1.82, 2.24) is 0 Å². The van der Waals surface area contributed by atoms with Gasteiger partial charge in [-0.15, -0.1) is 0 Å². The summed E-state index contributed by atoms with van der Waals surface area (Å²) in [6.07, 6.45) is 0.209. The zero-order chi connectivity index (χ0) is 14.5. The highest BCUT2D eigenvalue weighted by atomic mass is 35.5. The van der Waals surface area contributed by atoms with E-state index in [9.17, 15) is 4.79 Å². The molecule has 0 saturated carbocycles. The Bertz CT molecular complexity index is 606. The number of rotatable bonds is 4. The van der Waals surface area contributed by atoms with Crippen LogP contribution in [0.1, 0.15) is 5.56 Å². The molecule has 0 aliphatic heterocycles. The van der Waals surface area contributed by atoms with E-state index in [-0.39, 0.29) is 12.4 Å². The standard InChI is InChI=1S/C16H15ClO3/c1-19-15-5-3-12(4-6-15)13-7-11(8-14(17)10-13)9-16(18)20-2/h3-8,10H,9H2,1-2H3. The average molecular weight is 291 g/mol. The van der Waals surface area contributed by atoms with Crippen molar-refractivity contribution in [2.45, 2.75) is 6.42 Å². The van der Waals surface area contributed by atoms with Gasteiger partial charge in [0.25, 0.3) is 0 Å². The van der Waals surface area contributed by atoms with Crippen molar-refractivity contribution in [3.63, 3.8) is 0 Å². The van der Waals surface area contributed by atoms with Crippen LogP contribution in [0.25, 0.3) is 11.1 Å². The third kappa shape index (κ3) is 3.52. The third-order valence-corrected chi connectivity index (χ3v) is 3.18. The molecule has 4 heteroatoms. The Morgan fingerprint density at radius 1 is 1.05 bits per heavy atom. The SMILES string of the molecule is COC(=O)Cc1cc(Cl)cc(-c2ccc(OC)cc2)c1. The van der Waals surface area contributed by atoms with Crippen LogP contribution in [0.3, 0.4) is 0 Å². The van der Waals surface area contributed by atoms with Gasteiger partial charge in [-0.05, 0) is 41.0 Å². The van der Waals surface area contributed by atoms with Crippen LogP contribution in [-0.4, -0.2) is 20.2 Å². The van der Waals surface area contributed by atoms with E-state index in [1.54, 1.807) is 13.2 Å². The molecule has 3 nitrogen and oxygen atoms in total. The Morgan fingerprint density at radius 2 is 1.75 bits per heavy atom. The molecule has 0 atom stereocenters. The van der Waals surface area contributed by atoms with Gasteiger partial charge in [0.15, 0.2) is 0 Å². The Balaban J connectivity index is 2.33. The van der Waals surface area contributed by atoms with Gasteiger partial charge >= 0.3 is 5.97 Å². The van der Waals surface area contributed by atoms with Crippen LogP contribution >= 0.6 is 11.6 Å². The van der Waals surface area contributed by atoms with E-state index < -0.39 is 0 Å². The summed E-state index contributed by atoms with van der Waals surface area (Å²) in [5.74, 6) is 0.513. The molecule has 0 fully saturated rings. The molecule has 0 unspecified atom stereocenters. The molecule has 0 bridgehead atoms. The number of esters is 1. The van der Waals surface area contributed by atoms with Crippen molar-refractivity contribution in [3.05, 3.63) is 53.1 Å². The molecule has 2 aromatic rings. The number of carbonyl (C=O) groups excluding carboxylic acids is 1. The summed E-state index contributed by atoms with van der Waals surface area (Å²) in [5.41, 5.74) is 2.80. The minimum atomic E-state index is -0.284. The summed E-state index contributed by atoms with van der Waals surface area (Å²) in [7, 11) is 3.00. The number of ether oxygens (including phenoxy) is 2. The number of hydrogen-bond donors (Lipinski definition) is 0. The Morgan fingerprint density at radius 3 is 2.35 bits per heavy atom. The molecule has 0 amide bonds. The number of benzene rings is 2. The van der Waals surface area contributed by atoms with E-state index in [1.807, 2.05) is 36.4 Å². The first-order chi connectivity index (χ1) is 9.62. The molecule has 0 spiro atoms. The third-order valence-electron chi connectivity index (χ3n) is 2.96. The summed E-state index contributed by atoms with van der Waals surface area (Å²) >= 11 is 6.11. The zero-order valence-electron chi connectivity index (χ0n) is 11.4. The normalized spacial score (nSPS) is 10.2. The lowest BCUT2D eigenvalue weighted by molar-refractivity contribution is -0.139. The quantitative estimate of drug-likeness (QED) is 0.805. The summed E-state index contributed by atoms with van der Waals surface area (Å²) in [4.78, 5) is 11.3.